The molecule has 5 fully saturated rings. The number of ether oxygens (including phenoxy) is 3. The number of aliphatic carboxylic acids is 3. The maximum Gasteiger partial charge on any atom is 0.317 e. The van der Waals surface area contributed by atoms with Gasteiger partial charge in [0.1, 0.15) is 0 Å². The molecule has 18 nitrogen and oxygen atoms in total. The molecule has 386 valence electrons. The molecule has 4 aliphatic carbocycles. The summed E-state index contributed by atoms with van der Waals surface area (Å²) in [6.45, 7) is 14.3. The van der Waals surface area contributed by atoms with E-state index < -0.39 is 17.9 Å². The average molecular weight is 951 g/mol. The molecule has 0 spiro atoms. The van der Waals surface area contributed by atoms with Crippen LogP contribution in [0.1, 0.15) is 97.8 Å². The highest BCUT2D eigenvalue weighted by molar-refractivity contribution is 5.78. The summed E-state index contributed by atoms with van der Waals surface area (Å²) in [5.74, 6) is -0.270. The Hall–Kier alpha value is -2.52. The number of carbonyl (C=O) groups is 4. The molecular weight excluding hydrogens is 861 g/mol. The van der Waals surface area contributed by atoms with Crippen LogP contribution in [0.3, 0.4) is 0 Å². The van der Waals surface area contributed by atoms with Gasteiger partial charge in [0, 0.05) is 84.1 Å². The largest absolute Gasteiger partial charge is 0.480 e. The number of nitrogens with one attached hydrogen (secondary N) is 1. The van der Waals surface area contributed by atoms with E-state index in [-0.39, 0.29) is 61.2 Å². The number of fused-ring (bicyclic) bond motifs is 5. The Morgan fingerprint density at radius 1 is 0.642 bits per heavy atom. The third-order valence-electron chi connectivity index (χ3n) is 17.0. The molecule has 0 radical (unpaired) electrons. The van der Waals surface area contributed by atoms with Crippen LogP contribution in [0, 0.1) is 46.3 Å². The van der Waals surface area contributed by atoms with E-state index in [1.54, 1.807) is 14.7 Å². The zero-order chi connectivity index (χ0) is 48.6. The number of nitrogens with zero attached hydrogens (tertiary/aromatic N) is 4. The number of carbonyl (C=O) groups excluding carboxylic acids is 1. The van der Waals surface area contributed by atoms with E-state index in [4.69, 9.17) is 31.4 Å². The number of carboxylic acid groups (broad SMARTS) is 3. The van der Waals surface area contributed by atoms with E-state index in [2.05, 4.69) is 26.1 Å². The maximum absolute atomic E-state index is 13.5. The van der Waals surface area contributed by atoms with Crippen LogP contribution < -0.4 is 22.5 Å². The van der Waals surface area contributed by atoms with Gasteiger partial charge in [-0.2, -0.15) is 0 Å². The zero-order valence-corrected chi connectivity index (χ0v) is 41.3. The van der Waals surface area contributed by atoms with Crippen molar-refractivity contribution in [3.8, 4) is 0 Å². The van der Waals surface area contributed by atoms with Crippen LogP contribution in [0.5, 0.6) is 0 Å². The monoisotopic (exact) mass is 951 g/mol. The topological polar surface area (TPSA) is 260 Å². The molecule has 5 unspecified atom stereocenters. The van der Waals surface area contributed by atoms with Gasteiger partial charge in [0.25, 0.3) is 0 Å². The molecule has 0 aromatic heterocycles. The van der Waals surface area contributed by atoms with Crippen molar-refractivity contribution in [2.24, 2.45) is 63.5 Å². The van der Waals surface area contributed by atoms with Gasteiger partial charge in [-0.25, -0.2) is 0 Å². The first-order chi connectivity index (χ1) is 32.1. The van der Waals surface area contributed by atoms with Crippen LogP contribution in [-0.2, 0) is 33.4 Å². The molecule has 1 aliphatic heterocycles. The van der Waals surface area contributed by atoms with E-state index in [1.807, 2.05) is 4.90 Å². The van der Waals surface area contributed by atoms with Gasteiger partial charge in [-0.1, -0.05) is 20.8 Å². The molecule has 0 aromatic rings. The summed E-state index contributed by atoms with van der Waals surface area (Å²) in [4.78, 5) is 55.8. The molecule has 1 heterocycles. The van der Waals surface area contributed by atoms with Gasteiger partial charge in [-0.3, -0.25) is 38.8 Å². The van der Waals surface area contributed by atoms with Gasteiger partial charge in [0.2, 0.25) is 5.91 Å². The van der Waals surface area contributed by atoms with Crippen molar-refractivity contribution in [2.45, 2.75) is 116 Å². The first-order valence-corrected chi connectivity index (χ1v) is 25.9. The average Bonchev–Trinajstić information content (AvgIpc) is 3.64. The lowest BCUT2D eigenvalue weighted by molar-refractivity contribution is -0.227. The van der Waals surface area contributed by atoms with Crippen molar-refractivity contribution in [2.75, 3.05) is 125 Å². The molecule has 5 rings (SSSR count). The minimum atomic E-state index is -1.00. The number of hydrogen-bond acceptors (Lipinski definition) is 14. The lowest BCUT2D eigenvalue weighted by Gasteiger charge is -2.65. The number of nitrogens with two attached hydrogens (primary N) is 3. The van der Waals surface area contributed by atoms with Crippen molar-refractivity contribution in [3.05, 3.63) is 0 Å². The minimum Gasteiger partial charge on any atom is -0.480 e. The van der Waals surface area contributed by atoms with Crippen molar-refractivity contribution in [1.82, 2.24) is 24.9 Å². The number of rotatable bonds is 25. The Balaban J connectivity index is 1.23. The summed E-state index contributed by atoms with van der Waals surface area (Å²) in [5, 5.41) is 31.8. The van der Waals surface area contributed by atoms with Gasteiger partial charge in [-0.15, -0.1) is 0 Å². The van der Waals surface area contributed by atoms with Gasteiger partial charge < -0.3 is 52.0 Å². The second kappa shape index (κ2) is 27.2. The van der Waals surface area contributed by atoms with Gasteiger partial charge in [0.05, 0.1) is 44.5 Å². The van der Waals surface area contributed by atoms with Crippen LogP contribution in [0.15, 0.2) is 0 Å². The molecule has 1 amide bonds. The molecular formula is C49H90N8O10. The summed E-state index contributed by atoms with van der Waals surface area (Å²) >= 11 is 0. The third kappa shape index (κ3) is 15.5. The summed E-state index contributed by atoms with van der Waals surface area (Å²) in [5.41, 5.74) is 18.0. The van der Waals surface area contributed by atoms with Crippen LogP contribution in [-0.4, -0.2) is 202 Å². The Kier molecular flexibility index (Phi) is 22.5. The predicted molar refractivity (Wildman–Crippen MR) is 256 cm³/mol. The van der Waals surface area contributed by atoms with Crippen molar-refractivity contribution >= 4 is 23.8 Å². The summed E-state index contributed by atoms with van der Waals surface area (Å²) in [6, 6.07) is 0. The quantitative estimate of drug-likeness (QED) is 0.0647. The highest BCUT2D eigenvalue weighted by Crippen LogP contribution is 2.69. The lowest BCUT2D eigenvalue weighted by Crippen LogP contribution is -2.63. The van der Waals surface area contributed by atoms with Crippen LogP contribution in [0.25, 0.3) is 0 Å². The number of carboxylic acids is 3. The summed E-state index contributed by atoms with van der Waals surface area (Å²) in [7, 11) is 0. The van der Waals surface area contributed by atoms with E-state index >= 15 is 0 Å². The highest BCUT2D eigenvalue weighted by Gasteiger charge is 2.66. The Morgan fingerprint density at radius 2 is 1.15 bits per heavy atom. The van der Waals surface area contributed by atoms with E-state index in [1.165, 1.54) is 0 Å². The van der Waals surface area contributed by atoms with Crippen molar-refractivity contribution in [3.63, 3.8) is 0 Å². The maximum atomic E-state index is 13.5. The molecule has 67 heavy (non-hydrogen) atoms. The third-order valence-corrected chi connectivity index (χ3v) is 17.0. The fraction of sp³-hybridized carbons (Fsp3) is 0.918. The Morgan fingerprint density at radius 3 is 1.67 bits per heavy atom. The molecule has 0 bridgehead atoms. The molecule has 11 atom stereocenters. The Labute approximate surface area is 400 Å². The highest BCUT2D eigenvalue weighted by atomic mass is 16.5. The molecule has 1 saturated heterocycles. The van der Waals surface area contributed by atoms with Gasteiger partial charge >= 0.3 is 17.9 Å². The summed E-state index contributed by atoms with van der Waals surface area (Å²) < 4.78 is 20.4. The van der Waals surface area contributed by atoms with E-state index in [9.17, 15) is 34.5 Å². The summed E-state index contributed by atoms with van der Waals surface area (Å²) in [6.07, 6.45) is 12.7. The zero-order valence-electron chi connectivity index (χ0n) is 41.3. The molecule has 5 aliphatic rings. The van der Waals surface area contributed by atoms with Gasteiger partial charge in [0.15, 0.2) is 0 Å². The lowest BCUT2D eigenvalue weighted by atomic mass is 9.43. The van der Waals surface area contributed by atoms with Crippen LogP contribution in [0.2, 0.25) is 0 Å². The predicted octanol–water partition coefficient (Wildman–Crippen LogP) is 2.07. The normalized spacial score (nSPS) is 33.1. The smallest absolute Gasteiger partial charge is 0.317 e. The minimum absolute atomic E-state index is 0.0296. The van der Waals surface area contributed by atoms with Crippen LogP contribution in [0.4, 0.5) is 0 Å². The number of amides is 1. The second-order valence-electron chi connectivity index (χ2n) is 21.2. The molecule has 10 N–H and O–H groups in total. The standard InChI is InChI=1S/C49H90N8O10/c1-35(8-4-16-53-43(58)31-54-17-19-55(32-44(59)60)21-23-57(34-46(63)64)24-22-56(20-18-54)33-45(61)62)38-9-10-39-47-40(30-42(49(38,39)3)67-27-7-15-52)48(2)12-11-37(65-25-5-13-50)28-36(48)29-41(47)66-26-6-14-51/h35-42,47H,4-34,50-52H2,1-3H3,(H,53,58)(H,59,60)(H,61,62)(H,63,64)/t35-,36?,37-,38?,39+,40+,41-,42+,47?,48?,49?/m1/s1. The second-order valence-corrected chi connectivity index (χ2v) is 21.2. The van der Waals surface area contributed by atoms with Crippen molar-refractivity contribution < 1.29 is 48.7 Å². The van der Waals surface area contributed by atoms with E-state index in [0.717, 1.165) is 83.7 Å². The first kappa shape index (κ1) is 55.4. The molecule has 0 aromatic carbocycles. The SMILES string of the molecule is C[C@H](CCCNC(=O)CN1CCN(CC(=O)O)CCN(CC(=O)O)CCN(CC(=O)O)CC1)C1CC[C@H]2C3[C@H](OCCCN)CC4C[C@H](OCCCN)CCC4(C)[C@H]3C[C@H](OCCCN)C12C. The van der Waals surface area contributed by atoms with Crippen LogP contribution >= 0.6 is 0 Å². The molecule has 18 heteroatoms. The first-order valence-electron chi connectivity index (χ1n) is 25.9. The van der Waals surface area contributed by atoms with Crippen molar-refractivity contribution in [1.29, 1.82) is 0 Å². The Bertz CT molecular complexity index is 1520. The fourth-order valence-electron chi connectivity index (χ4n) is 13.5. The van der Waals surface area contributed by atoms with E-state index in [0.29, 0.717) is 127 Å². The fourth-order valence-corrected chi connectivity index (χ4v) is 13.5. The van der Waals surface area contributed by atoms with Gasteiger partial charge in [-0.05, 0) is 138 Å². The number of hydrogen-bond donors (Lipinski definition) is 7. The molecule has 4 saturated carbocycles.